The first-order valence-corrected chi connectivity index (χ1v) is 10.8. The van der Waals surface area contributed by atoms with Gasteiger partial charge in [0.1, 0.15) is 23.0 Å². The molecule has 1 unspecified atom stereocenters. The predicted molar refractivity (Wildman–Crippen MR) is 122 cm³/mol. The maximum Gasteiger partial charge on any atom is 0.234 e. The second-order valence-corrected chi connectivity index (χ2v) is 7.68. The molecule has 0 saturated carbocycles. The molecule has 10 heteroatoms. The van der Waals surface area contributed by atoms with E-state index in [2.05, 4.69) is 15.5 Å². The van der Waals surface area contributed by atoms with Crippen LogP contribution in [0.5, 0.6) is 23.0 Å². The number of carbonyl (C=O) groups is 1. The Morgan fingerprint density at radius 3 is 2.31 bits per heavy atom. The van der Waals surface area contributed by atoms with Crippen molar-refractivity contribution in [1.29, 1.82) is 0 Å². The zero-order valence-corrected chi connectivity index (χ0v) is 19.4. The lowest BCUT2D eigenvalue weighted by molar-refractivity contribution is -0.113. The highest BCUT2D eigenvalue weighted by molar-refractivity contribution is 7.99. The highest BCUT2D eigenvalue weighted by atomic mass is 32.2. The summed E-state index contributed by atoms with van der Waals surface area (Å²) in [6, 6.07) is 12.5. The van der Waals surface area contributed by atoms with Gasteiger partial charge in [0.15, 0.2) is 17.1 Å². The van der Waals surface area contributed by atoms with E-state index in [1.165, 1.54) is 18.9 Å². The number of ether oxygens (including phenoxy) is 4. The summed E-state index contributed by atoms with van der Waals surface area (Å²) in [6.45, 7) is 1.89. The van der Waals surface area contributed by atoms with Crippen molar-refractivity contribution in [3.63, 3.8) is 0 Å². The molecule has 1 aromatic heterocycles. The topological polar surface area (TPSA) is 96.7 Å². The van der Waals surface area contributed by atoms with Crippen molar-refractivity contribution >= 4 is 23.4 Å². The second-order valence-electron chi connectivity index (χ2n) is 6.74. The molecule has 0 spiro atoms. The van der Waals surface area contributed by atoms with Crippen molar-refractivity contribution in [2.24, 2.45) is 7.05 Å². The third-order valence-electron chi connectivity index (χ3n) is 4.62. The van der Waals surface area contributed by atoms with E-state index in [1.54, 1.807) is 32.4 Å². The minimum Gasteiger partial charge on any atom is -0.497 e. The quantitative estimate of drug-likeness (QED) is 0.459. The molecule has 9 nitrogen and oxygen atoms in total. The number of rotatable bonds is 10. The minimum absolute atomic E-state index is 0.162. The summed E-state index contributed by atoms with van der Waals surface area (Å²) in [5.74, 6) is 3.25. The van der Waals surface area contributed by atoms with Gasteiger partial charge in [-0.2, -0.15) is 0 Å². The van der Waals surface area contributed by atoms with Crippen LogP contribution in [0.25, 0.3) is 0 Å². The first kappa shape index (κ1) is 23.3. The Morgan fingerprint density at radius 1 is 1.00 bits per heavy atom. The van der Waals surface area contributed by atoms with E-state index in [0.717, 1.165) is 5.75 Å². The van der Waals surface area contributed by atoms with Crippen molar-refractivity contribution in [3.8, 4) is 23.0 Å². The summed E-state index contributed by atoms with van der Waals surface area (Å²) in [4.78, 5) is 12.4. The lowest BCUT2D eigenvalue weighted by atomic mass is 10.2. The van der Waals surface area contributed by atoms with Gasteiger partial charge in [0, 0.05) is 13.1 Å². The Labute approximate surface area is 191 Å². The molecule has 1 N–H and O–H groups in total. The number of hydrogen-bond donors (Lipinski definition) is 1. The number of hydrogen-bond acceptors (Lipinski definition) is 8. The lowest BCUT2D eigenvalue weighted by Crippen LogP contribution is -2.15. The number of benzene rings is 2. The van der Waals surface area contributed by atoms with Crippen LogP contribution in [0.1, 0.15) is 18.9 Å². The lowest BCUT2D eigenvalue weighted by Gasteiger charge is -2.14. The monoisotopic (exact) mass is 458 g/mol. The molecule has 0 bridgehead atoms. The molecule has 2 aromatic carbocycles. The molecule has 0 saturated heterocycles. The van der Waals surface area contributed by atoms with Gasteiger partial charge in [0.05, 0.1) is 32.8 Å². The Kier molecular flexibility index (Phi) is 7.82. The van der Waals surface area contributed by atoms with E-state index in [4.69, 9.17) is 18.9 Å². The maximum absolute atomic E-state index is 12.4. The molecule has 1 atom stereocenters. The summed E-state index contributed by atoms with van der Waals surface area (Å²) in [5.41, 5.74) is 0.569. The largest absolute Gasteiger partial charge is 0.497 e. The molecule has 3 rings (SSSR count). The highest BCUT2D eigenvalue weighted by Crippen LogP contribution is 2.30. The molecular weight excluding hydrogens is 432 g/mol. The second kappa shape index (κ2) is 10.8. The summed E-state index contributed by atoms with van der Waals surface area (Å²) in [7, 11) is 6.57. The summed E-state index contributed by atoms with van der Waals surface area (Å²) in [6.07, 6.45) is -0.326. The van der Waals surface area contributed by atoms with Crippen molar-refractivity contribution < 1.29 is 23.7 Å². The Hall–Kier alpha value is -3.40. The smallest absolute Gasteiger partial charge is 0.234 e. The Balaban J connectivity index is 1.58. The fourth-order valence-electron chi connectivity index (χ4n) is 2.94. The van der Waals surface area contributed by atoms with E-state index in [-0.39, 0.29) is 17.8 Å². The fraction of sp³-hybridized carbons (Fsp3) is 0.318. The number of methoxy groups -OCH3 is 3. The van der Waals surface area contributed by atoms with E-state index >= 15 is 0 Å². The van der Waals surface area contributed by atoms with Gasteiger partial charge in [-0.15, -0.1) is 10.2 Å². The first-order chi connectivity index (χ1) is 15.4. The van der Waals surface area contributed by atoms with Crippen LogP contribution in [0.3, 0.4) is 0 Å². The van der Waals surface area contributed by atoms with Gasteiger partial charge in [-0.25, -0.2) is 0 Å². The fourth-order valence-corrected chi connectivity index (χ4v) is 3.65. The van der Waals surface area contributed by atoms with Crippen LogP contribution >= 0.6 is 11.8 Å². The average molecular weight is 459 g/mol. The van der Waals surface area contributed by atoms with Gasteiger partial charge < -0.3 is 28.8 Å². The van der Waals surface area contributed by atoms with Crippen molar-refractivity contribution in [3.05, 3.63) is 48.3 Å². The molecule has 3 aromatic rings. The normalized spacial score (nSPS) is 11.5. The SMILES string of the molecule is COc1ccc(OC(C)c2nnc(SCC(=O)Nc3ccc(OC)cc3OC)n2C)cc1. The molecule has 0 radical (unpaired) electrons. The van der Waals surface area contributed by atoms with Gasteiger partial charge in [0.25, 0.3) is 0 Å². The van der Waals surface area contributed by atoms with Crippen molar-refractivity contribution in [2.45, 2.75) is 18.2 Å². The van der Waals surface area contributed by atoms with Gasteiger partial charge in [-0.05, 0) is 43.3 Å². The van der Waals surface area contributed by atoms with Crippen LogP contribution in [0, 0.1) is 0 Å². The van der Waals surface area contributed by atoms with E-state index < -0.39 is 0 Å². The van der Waals surface area contributed by atoms with Gasteiger partial charge in [-0.3, -0.25) is 4.79 Å². The molecule has 0 fully saturated rings. The predicted octanol–water partition coefficient (Wildman–Crippen LogP) is 3.71. The molecular formula is C22H26N4O5S. The third-order valence-corrected chi connectivity index (χ3v) is 5.64. The highest BCUT2D eigenvalue weighted by Gasteiger charge is 2.18. The maximum atomic E-state index is 12.4. The molecule has 1 amide bonds. The zero-order valence-electron chi connectivity index (χ0n) is 18.6. The number of amides is 1. The molecule has 32 heavy (non-hydrogen) atoms. The van der Waals surface area contributed by atoms with E-state index in [1.807, 2.05) is 42.8 Å². The molecule has 0 aliphatic carbocycles. The van der Waals surface area contributed by atoms with Gasteiger partial charge in [-0.1, -0.05) is 11.8 Å². The molecule has 0 aliphatic heterocycles. The number of nitrogens with zero attached hydrogens (tertiary/aromatic N) is 3. The first-order valence-electron chi connectivity index (χ1n) is 9.79. The van der Waals surface area contributed by atoms with Crippen molar-refractivity contribution in [2.75, 3.05) is 32.4 Å². The number of anilines is 1. The summed E-state index contributed by atoms with van der Waals surface area (Å²) in [5, 5.41) is 11.9. The van der Waals surface area contributed by atoms with Gasteiger partial charge in [0.2, 0.25) is 5.91 Å². The summed E-state index contributed by atoms with van der Waals surface area (Å²) < 4.78 is 23.4. The van der Waals surface area contributed by atoms with Gasteiger partial charge >= 0.3 is 0 Å². The Morgan fingerprint density at radius 2 is 1.66 bits per heavy atom. The van der Waals surface area contributed by atoms with Crippen LogP contribution in [0.15, 0.2) is 47.6 Å². The summed E-state index contributed by atoms with van der Waals surface area (Å²) >= 11 is 1.28. The Bertz CT molecular complexity index is 1050. The number of carbonyl (C=O) groups excluding carboxylic acids is 1. The average Bonchev–Trinajstić information content (AvgIpc) is 3.18. The van der Waals surface area contributed by atoms with Crippen molar-refractivity contribution in [1.82, 2.24) is 14.8 Å². The van der Waals surface area contributed by atoms with Crippen LogP contribution in [-0.4, -0.2) is 47.8 Å². The molecule has 1 heterocycles. The van der Waals surface area contributed by atoms with E-state index in [9.17, 15) is 4.79 Å². The number of thioether (sulfide) groups is 1. The molecule has 0 aliphatic rings. The number of aromatic nitrogens is 3. The van der Waals surface area contributed by atoms with Crippen LogP contribution in [0.2, 0.25) is 0 Å². The van der Waals surface area contributed by atoms with Crippen LogP contribution in [-0.2, 0) is 11.8 Å². The van der Waals surface area contributed by atoms with Crippen LogP contribution < -0.4 is 24.3 Å². The van der Waals surface area contributed by atoms with E-state index in [0.29, 0.717) is 33.9 Å². The van der Waals surface area contributed by atoms with Crippen LogP contribution in [0.4, 0.5) is 5.69 Å². The third kappa shape index (κ3) is 5.64. The standard InChI is InChI=1S/C22H26N4O5S/c1-14(31-16-8-6-15(28-3)7-9-16)21-24-25-22(26(21)2)32-13-20(27)23-18-11-10-17(29-4)12-19(18)30-5/h6-12,14H,13H2,1-5H3,(H,23,27). The number of nitrogens with one attached hydrogen (secondary N) is 1. The minimum atomic E-state index is -0.326. The zero-order chi connectivity index (χ0) is 23.1. The molecule has 170 valence electrons.